The Bertz CT molecular complexity index is 476. The smallest absolute Gasteiger partial charge is 0.251 e. The molecule has 21 heavy (non-hydrogen) atoms. The zero-order chi connectivity index (χ0) is 14.6. The molecular weight excluding hydrogens is 363 g/mol. The lowest BCUT2D eigenvalue weighted by atomic mass is 9.98. The molecule has 0 saturated carbocycles. The van der Waals surface area contributed by atoms with Crippen LogP contribution in [0, 0.1) is 5.82 Å². The maximum atomic E-state index is 13.3. The number of ether oxygens (including phenoxy) is 1. The van der Waals surface area contributed by atoms with Crippen molar-refractivity contribution in [3.63, 3.8) is 0 Å². The lowest BCUT2D eigenvalue weighted by Crippen LogP contribution is -2.53. The van der Waals surface area contributed by atoms with E-state index < -0.39 is 5.82 Å². The molecule has 1 aliphatic rings. The zero-order valence-corrected chi connectivity index (χ0v) is 14.2. The summed E-state index contributed by atoms with van der Waals surface area (Å²) in [5, 5.41) is 6.23. The Morgan fingerprint density at radius 2 is 2.29 bits per heavy atom. The van der Waals surface area contributed by atoms with Crippen molar-refractivity contribution < 1.29 is 13.9 Å². The summed E-state index contributed by atoms with van der Waals surface area (Å²) in [5.74, 6) is -0.718. The summed E-state index contributed by atoms with van der Waals surface area (Å²) in [6.07, 6.45) is 2.01. The Labute approximate surface area is 138 Å². The van der Waals surface area contributed by atoms with Crippen LogP contribution >= 0.6 is 28.3 Å². The molecule has 0 spiro atoms. The fourth-order valence-corrected chi connectivity index (χ4v) is 2.97. The quantitative estimate of drug-likeness (QED) is 0.824. The van der Waals surface area contributed by atoms with E-state index in [1.54, 1.807) is 13.2 Å². The molecule has 0 radical (unpaired) electrons. The van der Waals surface area contributed by atoms with E-state index in [1.165, 1.54) is 12.1 Å². The third-order valence-corrected chi connectivity index (χ3v) is 3.92. The average molecular weight is 382 g/mol. The van der Waals surface area contributed by atoms with Gasteiger partial charge in [-0.3, -0.25) is 4.79 Å². The molecule has 1 atom stereocenters. The maximum Gasteiger partial charge on any atom is 0.251 e. The normalized spacial score (nSPS) is 20.9. The fourth-order valence-electron chi connectivity index (χ4n) is 2.51. The predicted octanol–water partition coefficient (Wildman–Crippen LogP) is 2.51. The van der Waals surface area contributed by atoms with Crippen molar-refractivity contribution in [2.75, 3.05) is 26.8 Å². The molecule has 4 nitrogen and oxygen atoms in total. The second kappa shape index (κ2) is 8.08. The summed E-state index contributed by atoms with van der Waals surface area (Å²) in [7, 11) is 1.65. The number of hydrogen-bond acceptors (Lipinski definition) is 3. The Kier molecular flexibility index (Phi) is 7.06. The lowest BCUT2D eigenvalue weighted by molar-refractivity contribution is 0.0891. The minimum absolute atomic E-state index is 0. The van der Waals surface area contributed by atoms with Gasteiger partial charge < -0.3 is 15.4 Å². The highest BCUT2D eigenvalue weighted by atomic mass is 79.9. The third-order valence-electron chi connectivity index (χ3n) is 3.46. The van der Waals surface area contributed by atoms with E-state index in [0.717, 1.165) is 19.4 Å². The molecule has 1 heterocycles. The van der Waals surface area contributed by atoms with Crippen LogP contribution in [0.15, 0.2) is 22.7 Å². The molecule has 0 bridgehead atoms. The molecule has 2 rings (SSSR count). The molecule has 1 aromatic rings. The van der Waals surface area contributed by atoms with Crippen LogP contribution in [0.4, 0.5) is 4.39 Å². The van der Waals surface area contributed by atoms with Crippen LogP contribution in [0.5, 0.6) is 0 Å². The van der Waals surface area contributed by atoms with E-state index in [0.29, 0.717) is 23.2 Å². The molecule has 0 aromatic heterocycles. The topological polar surface area (TPSA) is 50.4 Å². The number of methoxy groups -OCH3 is 1. The summed E-state index contributed by atoms with van der Waals surface area (Å²) >= 11 is 3.18. The van der Waals surface area contributed by atoms with Crippen molar-refractivity contribution in [2.45, 2.75) is 18.4 Å². The van der Waals surface area contributed by atoms with Crippen molar-refractivity contribution in [3.05, 3.63) is 34.1 Å². The number of carbonyl (C=O) groups excluding carboxylic acids is 1. The molecule has 7 heteroatoms. The largest absolute Gasteiger partial charge is 0.383 e. The first kappa shape index (κ1) is 18.4. The number of amides is 1. The van der Waals surface area contributed by atoms with Gasteiger partial charge in [0.2, 0.25) is 0 Å². The number of carbonyl (C=O) groups is 1. The first-order chi connectivity index (χ1) is 9.54. The summed E-state index contributed by atoms with van der Waals surface area (Å²) in [5.41, 5.74) is 0.0945. The van der Waals surface area contributed by atoms with Gasteiger partial charge in [-0.2, -0.15) is 0 Å². The van der Waals surface area contributed by atoms with Gasteiger partial charge >= 0.3 is 0 Å². The highest BCUT2D eigenvalue weighted by molar-refractivity contribution is 9.10. The fraction of sp³-hybridized carbons (Fsp3) is 0.500. The molecular formula is C14H19BrClFN2O2. The number of nitrogens with one attached hydrogen (secondary N) is 2. The molecule has 1 aromatic carbocycles. The van der Waals surface area contributed by atoms with Gasteiger partial charge in [0.15, 0.2) is 0 Å². The minimum atomic E-state index is -0.435. The highest BCUT2D eigenvalue weighted by Gasteiger charge is 2.33. The van der Waals surface area contributed by atoms with Crippen molar-refractivity contribution in [3.8, 4) is 0 Å². The van der Waals surface area contributed by atoms with Gasteiger partial charge in [0.25, 0.3) is 5.91 Å². The van der Waals surface area contributed by atoms with Crippen LogP contribution in [0.1, 0.15) is 23.2 Å². The summed E-state index contributed by atoms with van der Waals surface area (Å²) in [6.45, 7) is 1.93. The number of rotatable bonds is 5. The second-order valence-electron chi connectivity index (χ2n) is 5.08. The van der Waals surface area contributed by atoms with Crippen LogP contribution in [-0.2, 0) is 4.74 Å². The third kappa shape index (κ3) is 4.92. The monoisotopic (exact) mass is 380 g/mol. The van der Waals surface area contributed by atoms with Gasteiger partial charge in [0.1, 0.15) is 5.82 Å². The molecule has 118 valence electrons. The van der Waals surface area contributed by atoms with Crippen LogP contribution < -0.4 is 10.6 Å². The number of benzene rings is 1. The zero-order valence-electron chi connectivity index (χ0n) is 11.7. The van der Waals surface area contributed by atoms with Crippen molar-refractivity contribution in [1.82, 2.24) is 10.6 Å². The van der Waals surface area contributed by atoms with Crippen LogP contribution in [0.3, 0.4) is 0 Å². The Hall–Kier alpha value is -0.690. The van der Waals surface area contributed by atoms with Crippen molar-refractivity contribution in [2.24, 2.45) is 0 Å². The van der Waals surface area contributed by atoms with Gasteiger partial charge in [-0.25, -0.2) is 4.39 Å². The predicted molar refractivity (Wildman–Crippen MR) is 85.5 cm³/mol. The first-order valence-corrected chi connectivity index (χ1v) is 7.32. The van der Waals surface area contributed by atoms with E-state index >= 15 is 0 Å². The molecule has 0 aliphatic carbocycles. The van der Waals surface area contributed by atoms with E-state index in [2.05, 4.69) is 26.6 Å². The second-order valence-corrected chi connectivity index (χ2v) is 6.00. The summed E-state index contributed by atoms with van der Waals surface area (Å²) in [6, 6.07) is 4.15. The van der Waals surface area contributed by atoms with Gasteiger partial charge in [-0.05, 0) is 37.6 Å². The Morgan fingerprint density at radius 3 is 2.86 bits per heavy atom. The molecule has 2 N–H and O–H groups in total. The summed E-state index contributed by atoms with van der Waals surface area (Å²) < 4.78 is 19.1. The molecule has 1 saturated heterocycles. The lowest BCUT2D eigenvalue weighted by Gasteiger charge is -2.29. The van der Waals surface area contributed by atoms with Crippen LogP contribution in [0.2, 0.25) is 0 Å². The Morgan fingerprint density at radius 1 is 1.52 bits per heavy atom. The first-order valence-electron chi connectivity index (χ1n) is 6.53. The molecule has 1 aliphatic heterocycles. The van der Waals surface area contributed by atoms with Gasteiger partial charge in [0, 0.05) is 23.7 Å². The van der Waals surface area contributed by atoms with E-state index in [-0.39, 0.29) is 23.9 Å². The van der Waals surface area contributed by atoms with Crippen molar-refractivity contribution >= 4 is 34.2 Å². The molecule has 1 amide bonds. The van der Waals surface area contributed by atoms with Crippen LogP contribution in [-0.4, -0.2) is 38.3 Å². The van der Waals surface area contributed by atoms with E-state index in [4.69, 9.17) is 4.74 Å². The Balaban J connectivity index is 0.00000220. The average Bonchev–Trinajstić information content (AvgIpc) is 2.84. The van der Waals surface area contributed by atoms with Gasteiger partial charge in [-0.15, -0.1) is 12.4 Å². The SMILES string of the molecule is COCC1(CNC(=O)c2cc(F)cc(Br)c2)CCCN1.Cl. The van der Waals surface area contributed by atoms with E-state index in [1.807, 2.05) is 0 Å². The van der Waals surface area contributed by atoms with Gasteiger partial charge in [-0.1, -0.05) is 15.9 Å². The maximum absolute atomic E-state index is 13.3. The van der Waals surface area contributed by atoms with Gasteiger partial charge in [0.05, 0.1) is 12.1 Å². The van der Waals surface area contributed by atoms with Crippen molar-refractivity contribution in [1.29, 1.82) is 0 Å². The molecule has 1 fully saturated rings. The minimum Gasteiger partial charge on any atom is -0.383 e. The molecule has 1 unspecified atom stereocenters. The van der Waals surface area contributed by atoms with Crippen LogP contribution in [0.25, 0.3) is 0 Å². The highest BCUT2D eigenvalue weighted by Crippen LogP contribution is 2.19. The van der Waals surface area contributed by atoms with E-state index in [9.17, 15) is 9.18 Å². The summed E-state index contributed by atoms with van der Waals surface area (Å²) in [4.78, 5) is 12.1. The number of halogens is 3. The number of hydrogen-bond donors (Lipinski definition) is 2. The standard InChI is InChI=1S/C14H18BrFN2O2.ClH/c1-20-9-14(3-2-4-18-14)8-17-13(19)10-5-11(15)7-12(16)6-10;/h5-7,18H,2-4,8-9H2,1H3,(H,17,19);1H.